The average molecular weight is 281 g/mol. The van der Waals surface area contributed by atoms with Gasteiger partial charge in [0, 0.05) is 0 Å². The highest BCUT2D eigenvalue weighted by Gasteiger charge is 2.27. The maximum absolute atomic E-state index is 13.5. The van der Waals surface area contributed by atoms with Crippen LogP contribution < -0.4 is 0 Å². The molecular formula is C9H11FO5PS+. The van der Waals surface area contributed by atoms with Crippen LogP contribution in [-0.4, -0.2) is 19.7 Å². The van der Waals surface area contributed by atoms with Gasteiger partial charge in [0.05, 0.1) is 0 Å². The van der Waals surface area contributed by atoms with Crippen molar-refractivity contribution in [2.45, 2.75) is 18.2 Å². The van der Waals surface area contributed by atoms with Gasteiger partial charge in [0.1, 0.15) is 10.7 Å². The molecule has 0 saturated carbocycles. The van der Waals surface area contributed by atoms with Gasteiger partial charge >= 0.3 is 18.1 Å². The van der Waals surface area contributed by atoms with E-state index in [9.17, 15) is 17.4 Å². The van der Waals surface area contributed by atoms with Gasteiger partial charge in [0.25, 0.3) is 6.35 Å². The summed E-state index contributed by atoms with van der Waals surface area (Å²) in [5.41, 5.74) is 0.262. The SMILES string of the molecule is CCc1cccc(F)c1S(=O)(=O)OC[P+](=O)O. The fourth-order valence-electron chi connectivity index (χ4n) is 1.29. The molecule has 0 fully saturated rings. The van der Waals surface area contributed by atoms with Crippen molar-refractivity contribution in [3.63, 3.8) is 0 Å². The third kappa shape index (κ3) is 3.54. The van der Waals surface area contributed by atoms with E-state index in [4.69, 9.17) is 4.89 Å². The van der Waals surface area contributed by atoms with Gasteiger partial charge in [-0.15, -0.1) is 0 Å². The third-order valence-electron chi connectivity index (χ3n) is 2.00. The van der Waals surface area contributed by atoms with Crippen molar-refractivity contribution in [1.29, 1.82) is 0 Å². The van der Waals surface area contributed by atoms with E-state index < -0.39 is 35.2 Å². The summed E-state index contributed by atoms with van der Waals surface area (Å²) in [7, 11) is -7.10. The number of rotatable bonds is 5. The third-order valence-corrected chi connectivity index (χ3v) is 3.91. The van der Waals surface area contributed by atoms with Crippen LogP contribution in [0.25, 0.3) is 0 Å². The second kappa shape index (κ2) is 5.64. The van der Waals surface area contributed by atoms with Crippen LogP contribution in [0.1, 0.15) is 12.5 Å². The first-order valence-electron chi connectivity index (χ1n) is 4.69. The Balaban J connectivity index is 3.18. The van der Waals surface area contributed by atoms with E-state index >= 15 is 0 Å². The first-order chi connectivity index (χ1) is 7.88. The quantitative estimate of drug-likeness (QED) is 0.657. The van der Waals surface area contributed by atoms with Crippen LogP contribution in [0.2, 0.25) is 0 Å². The van der Waals surface area contributed by atoms with E-state index in [2.05, 4.69) is 4.18 Å². The van der Waals surface area contributed by atoms with Crippen molar-refractivity contribution >= 4 is 18.1 Å². The highest BCUT2D eigenvalue weighted by molar-refractivity contribution is 7.87. The van der Waals surface area contributed by atoms with Gasteiger partial charge in [-0.1, -0.05) is 19.1 Å². The lowest BCUT2D eigenvalue weighted by atomic mass is 10.2. The molecule has 1 aromatic rings. The van der Waals surface area contributed by atoms with E-state index in [1.54, 1.807) is 6.92 Å². The Morgan fingerprint density at radius 1 is 1.47 bits per heavy atom. The largest absolute Gasteiger partial charge is 0.535 e. The van der Waals surface area contributed by atoms with Crippen LogP contribution in [0.5, 0.6) is 0 Å². The van der Waals surface area contributed by atoms with Crippen LogP contribution in [0, 0.1) is 5.82 Å². The van der Waals surface area contributed by atoms with Gasteiger partial charge in [-0.05, 0) is 22.6 Å². The van der Waals surface area contributed by atoms with Crippen LogP contribution in [0.3, 0.4) is 0 Å². The van der Waals surface area contributed by atoms with Crippen molar-refractivity contribution in [3.8, 4) is 0 Å². The predicted molar refractivity (Wildman–Crippen MR) is 58.7 cm³/mol. The maximum atomic E-state index is 13.5. The van der Waals surface area contributed by atoms with Gasteiger partial charge in [-0.2, -0.15) is 13.3 Å². The Morgan fingerprint density at radius 2 is 2.12 bits per heavy atom. The molecule has 1 unspecified atom stereocenters. The molecule has 0 aliphatic heterocycles. The van der Waals surface area contributed by atoms with Crippen molar-refractivity contribution in [2.75, 3.05) is 6.35 Å². The molecule has 17 heavy (non-hydrogen) atoms. The fraction of sp³-hybridized carbons (Fsp3) is 0.333. The average Bonchev–Trinajstić information content (AvgIpc) is 2.25. The zero-order chi connectivity index (χ0) is 13.1. The normalized spacial score (nSPS) is 12.5. The zero-order valence-corrected chi connectivity index (χ0v) is 10.7. The molecule has 0 radical (unpaired) electrons. The molecule has 0 spiro atoms. The topological polar surface area (TPSA) is 80.7 Å². The number of halogens is 1. The lowest BCUT2D eigenvalue weighted by Crippen LogP contribution is -2.11. The fourth-order valence-corrected chi connectivity index (χ4v) is 3.16. The zero-order valence-electron chi connectivity index (χ0n) is 8.96. The molecule has 0 saturated heterocycles. The molecule has 5 nitrogen and oxygen atoms in total. The van der Waals surface area contributed by atoms with Gasteiger partial charge in [-0.25, -0.2) is 8.57 Å². The maximum Gasteiger partial charge on any atom is 0.535 e. The lowest BCUT2D eigenvalue weighted by Gasteiger charge is -2.07. The van der Waals surface area contributed by atoms with E-state index in [1.165, 1.54) is 12.1 Å². The molecule has 0 aromatic heterocycles. The molecule has 8 heteroatoms. The second-order valence-corrected chi connectivity index (χ2v) is 5.65. The number of hydrogen-bond acceptors (Lipinski definition) is 4. The van der Waals surface area contributed by atoms with Crippen molar-refractivity contribution in [3.05, 3.63) is 29.6 Å². The molecule has 0 amide bonds. The summed E-state index contributed by atoms with van der Waals surface area (Å²) in [4.78, 5) is 7.91. The summed E-state index contributed by atoms with van der Waals surface area (Å²) < 4.78 is 51.4. The molecule has 0 aliphatic carbocycles. The highest BCUT2D eigenvalue weighted by Crippen LogP contribution is 2.24. The minimum atomic E-state index is -4.35. The minimum absolute atomic E-state index is 0.262. The molecule has 0 bridgehead atoms. The molecule has 0 heterocycles. The van der Waals surface area contributed by atoms with E-state index in [0.717, 1.165) is 6.07 Å². The van der Waals surface area contributed by atoms with Gasteiger partial charge < -0.3 is 0 Å². The Bertz CT molecular complexity index is 528. The van der Waals surface area contributed by atoms with Gasteiger partial charge in [0.15, 0.2) is 0 Å². The number of benzene rings is 1. The molecular weight excluding hydrogens is 270 g/mol. The monoisotopic (exact) mass is 281 g/mol. The molecule has 1 aromatic carbocycles. The lowest BCUT2D eigenvalue weighted by molar-refractivity contribution is 0.352. The summed E-state index contributed by atoms with van der Waals surface area (Å²) in [6.45, 7) is 1.67. The molecule has 94 valence electrons. The summed E-state index contributed by atoms with van der Waals surface area (Å²) in [5.74, 6) is -0.933. The Kier molecular flexibility index (Phi) is 4.70. The molecule has 0 aliphatic rings. The second-order valence-electron chi connectivity index (χ2n) is 3.13. The van der Waals surface area contributed by atoms with Crippen molar-refractivity contribution in [2.24, 2.45) is 0 Å². The Hall–Kier alpha value is -0.880. The van der Waals surface area contributed by atoms with E-state index in [0.29, 0.717) is 6.42 Å². The van der Waals surface area contributed by atoms with Crippen LogP contribution in [0.15, 0.2) is 23.1 Å². The predicted octanol–water partition coefficient (Wildman–Crippen LogP) is 1.79. The number of aryl methyl sites for hydroxylation is 1. The highest BCUT2D eigenvalue weighted by atomic mass is 32.2. The van der Waals surface area contributed by atoms with Crippen LogP contribution in [-0.2, 0) is 25.3 Å². The smallest absolute Gasteiger partial charge is 0.213 e. The van der Waals surface area contributed by atoms with Crippen molar-refractivity contribution in [1.82, 2.24) is 0 Å². The summed E-state index contributed by atoms with van der Waals surface area (Å²) in [6.07, 6.45) is -0.573. The van der Waals surface area contributed by atoms with Crippen LogP contribution >= 0.6 is 8.03 Å². The molecule has 1 atom stereocenters. The molecule has 1 rings (SSSR count). The van der Waals surface area contributed by atoms with Gasteiger partial charge in [0.2, 0.25) is 0 Å². The van der Waals surface area contributed by atoms with E-state index in [1.807, 2.05) is 0 Å². The summed E-state index contributed by atoms with van der Waals surface area (Å²) >= 11 is 0. The standard InChI is InChI=1S/C9H10FO5PS/c1-2-7-4-3-5-8(10)9(7)17(13,14)15-6-16(11)12/h3-5H,2,6H2,1H3/p+1. The van der Waals surface area contributed by atoms with E-state index in [-0.39, 0.29) is 5.56 Å². The molecule has 1 N–H and O–H groups in total. The first-order valence-corrected chi connectivity index (χ1v) is 7.49. The Labute approximate surface area is 99.2 Å². The van der Waals surface area contributed by atoms with Crippen molar-refractivity contribution < 1.29 is 26.4 Å². The Morgan fingerprint density at radius 3 is 2.65 bits per heavy atom. The van der Waals surface area contributed by atoms with Gasteiger partial charge in [-0.3, -0.25) is 0 Å². The first kappa shape index (κ1) is 14.2. The number of hydrogen-bond donors (Lipinski definition) is 1. The summed E-state index contributed by atoms with van der Waals surface area (Å²) in [5, 5.41) is 0. The summed E-state index contributed by atoms with van der Waals surface area (Å²) in [6, 6.07) is 3.84. The minimum Gasteiger partial charge on any atom is -0.213 e. The van der Waals surface area contributed by atoms with Crippen LogP contribution in [0.4, 0.5) is 4.39 Å².